The number of aromatic nitrogens is 2. The topological polar surface area (TPSA) is 50.3 Å². The molecule has 1 aliphatic rings. The lowest BCUT2D eigenvalue weighted by atomic mass is 10.2. The number of nitrogens with zero attached hydrogens (tertiary/aromatic N) is 3. The smallest absolute Gasteiger partial charge is 0.229 e. The van der Waals surface area contributed by atoms with E-state index in [0.717, 1.165) is 37.8 Å². The van der Waals surface area contributed by atoms with Crippen molar-refractivity contribution in [2.24, 2.45) is 0 Å². The molecule has 1 aromatic heterocycles. The van der Waals surface area contributed by atoms with E-state index in [4.69, 9.17) is 4.74 Å². The van der Waals surface area contributed by atoms with Crippen LogP contribution in [0.3, 0.4) is 0 Å². The molecule has 0 atom stereocenters. The first-order valence-electron chi connectivity index (χ1n) is 6.81. The minimum absolute atomic E-state index is 0.625. The summed E-state index contributed by atoms with van der Waals surface area (Å²) in [6.07, 6.45) is 1.79. The predicted octanol–water partition coefficient (Wildman–Crippen LogP) is 2.37. The number of hydrogen-bond acceptors (Lipinski definition) is 5. The molecule has 1 aromatic carbocycles. The van der Waals surface area contributed by atoms with Gasteiger partial charge in [-0.2, -0.15) is 4.98 Å². The van der Waals surface area contributed by atoms with Gasteiger partial charge in [0.25, 0.3) is 0 Å². The fraction of sp³-hybridized carbons (Fsp3) is 0.333. The largest absolute Gasteiger partial charge is 0.378 e. The van der Waals surface area contributed by atoms with Gasteiger partial charge in [-0.25, -0.2) is 4.98 Å². The molecule has 0 amide bonds. The Morgan fingerprint density at radius 1 is 1.20 bits per heavy atom. The molecule has 0 bridgehead atoms. The quantitative estimate of drug-likeness (QED) is 0.928. The minimum atomic E-state index is 0.625. The van der Waals surface area contributed by atoms with Crippen LogP contribution >= 0.6 is 0 Å². The number of rotatable bonds is 3. The van der Waals surface area contributed by atoms with Crippen LogP contribution < -0.4 is 10.2 Å². The van der Waals surface area contributed by atoms with Crippen molar-refractivity contribution in [3.63, 3.8) is 0 Å². The van der Waals surface area contributed by atoms with Gasteiger partial charge in [-0.15, -0.1) is 0 Å². The first kappa shape index (κ1) is 12.9. The highest BCUT2D eigenvalue weighted by Crippen LogP contribution is 2.17. The highest BCUT2D eigenvalue weighted by Gasteiger charge is 2.12. The summed E-state index contributed by atoms with van der Waals surface area (Å²) < 4.78 is 5.36. The van der Waals surface area contributed by atoms with Crippen LogP contribution in [-0.4, -0.2) is 36.3 Å². The molecule has 0 aliphatic carbocycles. The standard InChI is InChI=1S/C15H18N4O/c1-12-3-2-4-13(11-12)17-15-16-6-5-14(18-15)19-7-9-20-10-8-19/h2-6,11H,7-10H2,1H3,(H,16,17,18). The number of morpholine rings is 1. The number of aryl methyl sites for hydroxylation is 1. The van der Waals surface area contributed by atoms with Crippen LogP contribution in [0.2, 0.25) is 0 Å². The third-order valence-corrected chi connectivity index (χ3v) is 3.25. The van der Waals surface area contributed by atoms with Gasteiger partial charge in [0.1, 0.15) is 5.82 Å². The maximum Gasteiger partial charge on any atom is 0.229 e. The van der Waals surface area contributed by atoms with Gasteiger partial charge < -0.3 is 15.0 Å². The molecule has 1 N–H and O–H groups in total. The number of ether oxygens (including phenoxy) is 1. The first-order chi connectivity index (χ1) is 9.81. The second-order valence-electron chi connectivity index (χ2n) is 4.83. The second-order valence-corrected chi connectivity index (χ2v) is 4.83. The molecule has 0 spiro atoms. The summed E-state index contributed by atoms with van der Waals surface area (Å²) in [5, 5.41) is 3.24. The molecule has 1 aliphatic heterocycles. The number of hydrogen-bond donors (Lipinski definition) is 1. The fourth-order valence-electron chi connectivity index (χ4n) is 2.23. The van der Waals surface area contributed by atoms with Crippen LogP contribution in [0, 0.1) is 6.92 Å². The first-order valence-corrected chi connectivity index (χ1v) is 6.81. The van der Waals surface area contributed by atoms with E-state index in [0.29, 0.717) is 5.95 Å². The van der Waals surface area contributed by atoms with E-state index in [-0.39, 0.29) is 0 Å². The van der Waals surface area contributed by atoms with Crippen molar-refractivity contribution in [2.45, 2.75) is 6.92 Å². The Kier molecular flexibility index (Phi) is 3.78. The van der Waals surface area contributed by atoms with Gasteiger partial charge in [0.15, 0.2) is 0 Å². The van der Waals surface area contributed by atoms with E-state index >= 15 is 0 Å². The molecule has 2 aromatic rings. The summed E-state index contributed by atoms with van der Waals surface area (Å²) in [4.78, 5) is 11.1. The SMILES string of the molecule is Cc1cccc(Nc2nccc(N3CCOCC3)n2)c1. The van der Waals surface area contributed by atoms with Crippen LogP contribution in [0.1, 0.15) is 5.56 Å². The van der Waals surface area contributed by atoms with Gasteiger partial charge in [0.2, 0.25) is 5.95 Å². The second kappa shape index (κ2) is 5.88. The molecule has 0 radical (unpaired) electrons. The van der Waals surface area contributed by atoms with E-state index in [1.54, 1.807) is 6.20 Å². The summed E-state index contributed by atoms with van der Waals surface area (Å²) in [6.45, 7) is 5.33. The highest BCUT2D eigenvalue weighted by atomic mass is 16.5. The van der Waals surface area contributed by atoms with Crippen LogP contribution in [0.15, 0.2) is 36.5 Å². The summed E-state index contributed by atoms with van der Waals surface area (Å²) in [7, 11) is 0. The Morgan fingerprint density at radius 2 is 2.05 bits per heavy atom. The Labute approximate surface area is 118 Å². The van der Waals surface area contributed by atoms with E-state index in [1.807, 2.05) is 18.2 Å². The molecular weight excluding hydrogens is 252 g/mol. The zero-order valence-electron chi connectivity index (χ0n) is 11.5. The molecule has 3 rings (SSSR count). The molecule has 20 heavy (non-hydrogen) atoms. The Morgan fingerprint density at radius 3 is 2.85 bits per heavy atom. The summed E-state index contributed by atoms with van der Waals surface area (Å²) in [5.74, 6) is 1.57. The van der Waals surface area contributed by atoms with Gasteiger partial charge in [-0.05, 0) is 30.7 Å². The maximum atomic E-state index is 5.36. The van der Waals surface area contributed by atoms with E-state index in [2.05, 4.69) is 39.2 Å². The molecule has 2 heterocycles. The third kappa shape index (κ3) is 3.05. The van der Waals surface area contributed by atoms with E-state index < -0.39 is 0 Å². The Balaban J connectivity index is 1.77. The Bertz CT molecular complexity index is 582. The van der Waals surface area contributed by atoms with Gasteiger partial charge >= 0.3 is 0 Å². The number of nitrogens with one attached hydrogen (secondary N) is 1. The van der Waals surface area contributed by atoms with Crippen LogP contribution in [0.25, 0.3) is 0 Å². The molecule has 5 heteroatoms. The maximum absolute atomic E-state index is 5.36. The van der Waals surface area contributed by atoms with Crippen molar-refractivity contribution in [2.75, 3.05) is 36.5 Å². The average molecular weight is 270 g/mol. The van der Waals surface area contributed by atoms with Gasteiger partial charge in [-0.1, -0.05) is 12.1 Å². The average Bonchev–Trinajstić information content (AvgIpc) is 2.48. The van der Waals surface area contributed by atoms with Crippen molar-refractivity contribution in [3.8, 4) is 0 Å². The normalized spacial score (nSPS) is 15.2. The van der Waals surface area contributed by atoms with Crippen molar-refractivity contribution in [1.82, 2.24) is 9.97 Å². The van der Waals surface area contributed by atoms with Crippen molar-refractivity contribution < 1.29 is 4.74 Å². The zero-order chi connectivity index (χ0) is 13.8. The van der Waals surface area contributed by atoms with Gasteiger partial charge in [0.05, 0.1) is 13.2 Å². The number of anilines is 3. The minimum Gasteiger partial charge on any atom is -0.378 e. The van der Waals surface area contributed by atoms with Crippen LogP contribution in [-0.2, 0) is 4.74 Å². The molecule has 0 saturated carbocycles. The van der Waals surface area contributed by atoms with Crippen molar-refractivity contribution in [3.05, 3.63) is 42.1 Å². The van der Waals surface area contributed by atoms with Gasteiger partial charge in [0, 0.05) is 25.0 Å². The lowest BCUT2D eigenvalue weighted by molar-refractivity contribution is 0.122. The molecule has 5 nitrogen and oxygen atoms in total. The predicted molar refractivity (Wildman–Crippen MR) is 79.5 cm³/mol. The zero-order valence-corrected chi connectivity index (χ0v) is 11.5. The van der Waals surface area contributed by atoms with Crippen molar-refractivity contribution >= 4 is 17.5 Å². The molecule has 0 unspecified atom stereocenters. The lowest BCUT2D eigenvalue weighted by Gasteiger charge is -2.27. The highest BCUT2D eigenvalue weighted by molar-refractivity contribution is 5.55. The fourth-order valence-corrected chi connectivity index (χ4v) is 2.23. The molecular formula is C15H18N4O. The summed E-state index contributed by atoms with van der Waals surface area (Å²) in [6, 6.07) is 10.1. The summed E-state index contributed by atoms with van der Waals surface area (Å²) in [5.41, 5.74) is 2.21. The molecule has 104 valence electrons. The number of benzene rings is 1. The summed E-state index contributed by atoms with van der Waals surface area (Å²) >= 11 is 0. The monoisotopic (exact) mass is 270 g/mol. The Hall–Kier alpha value is -2.14. The van der Waals surface area contributed by atoms with E-state index in [1.165, 1.54) is 5.56 Å². The van der Waals surface area contributed by atoms with E-state index in [9.17, 15) is 0 Å². The van der Waals surface area contributed by atoms with Crippen LogP contribution in [0.5, 0.6) is 0 Å². The van der Waals surface area contributed by atoms with Gasteiger partial charge in [-0.3, -0.25) is 0 Å². The van der Waals surface area contributed by atoms with Crippen LogP contribution in [0.4, 0.5) is 17.5 Å². The third-order valence-electron chi connectivity index (χ3n) is 3.25. The lowest BCUT2D eigenvalue weighted by Crippen LogP contribution is -2.36. The van der Waals surface area contributed by atoms with Crippen molar-refractivity contribution in [1.29, 1.82) is 0 Å². The molecule has 1 saturated heterocycles. The molecule has 1 fully saturated rings.